The molecular formula is C50H56Cl4N10O9. The molecule has 0 saturated heterocycles. The maximum absolute atomic E-state index is 13.2. The van der Waals surface area contributed by atoms with E-state index in [9.17, 15) is 28.8 Å². The Hall–Kier alpha value is -6.56. The van der Waals surface area contributed by atoms with Crippen LogP contribution in [0.1, 0.15) is 96.1 Å². The normalized spacial score (nSPS) is 14.6. The van der Waals surface area contributed by atoms with Gasteiger partial charge in [0.05, 0.1) is 50.9 Å². The Morgan fingerprint density at radius 2 is 1.01 bits per heavy atom. The summed E-state index contributed by atoms with van der Waals surface area (Å²) >= 11 is 24.2. The Labute approximate surface area is 442 Å². The molecule has 0 heterocycles. The van der Waals surface area contributed by atoms with E-state index in [0.717, 1.165) is 49.7 Å². The van der Waals surface area contributed by atoms with Gasteiger partial charge in [-0.05, 0) is 116 Å². The first-order valence-corrected chi connectivity index (χ1v) is 24.6. The number of azide groups is 2. The van der Waals surface area contributed by atoms with Crippen LogP contribution >= 0.6 is 46.4 Å². The van der Waals surface area contributed by atoms with Crippen LogP contribution in [0.3, 0.4) is 0 Å². The van der Waals surface area contributed by atoms with Gasteiger partial charge in [0.25, 0.3) is 11.8 Å². The van der Waals surface area contributed by atoms with Crippen molar-refractivity contribution >= 4 is 93.4 Å². The molecule has 19 nitrogen and oxygen atoms in total. The van der Waals surface area contributed by atoms with Crippen LogP contribution in [0.5, 0.6) is 0 Å². The van der Waals surface area contributed by atoms with Crippen LogP contribution in [-0.2, 0) is 41.5 Å². The molecule has 73 heavy (non-hydrogen) atoms. The van der Waals surface area contributed by atoms with E-state index in [2.05, 4.69) is 40.7 Å². The zero-order valence-electron chi connectivity index (χ0n) is 40.1. The molecule has 2 saturated carbocycles. The summed E-state index contributed by atoms with van der Waals surface area (Å²) in [5.41, 5.74) is 24.2. The van der Waals surface area contributed by atoms with E-state index in [-0.39, 0.29) is 50.1 Å². The largest absolute Gasteiger partial charge is 0.481 e. The molecule has 23 heteroatoms. The van der Waals surface area contributed by atoms with Gasteiger partial charge in [-0.25, -0.2) is 4.79 Å². The second-order valence-corrected chi connectivity index (χ2v) is 18.9. The topological polar surface area (TPSA) is 301 Å². The second-order valence-electron chi connectivity index (χ2n) is 17.3. The van der Waals surface area contributed by atoms with Gasteiger partial charge < -0.3 is 36.3 Å². The number of carboxylic acid groups (broad SMARTS) is 1. The number of methoxy groups -OCH3 is 2. The Morgan fingerprint density at radius 3 is 1.40 bits per heavy atom. The first kappa shape index (κ1) is 59.0. The molecule has 4 aromatic rings. The molecule has 0 unspecified atom stereocenters. The number of carboxylic acids is 1. The van der Waals surface area contributed by atoms with Crippen molar-refractivity contribution in [2.45, 2.75) is 89.1 Å². The number of hydrogen-bond donors (Lipinski definition) is 5. The molecule has 2 fully saturated rings. The quantitative estimate of drug-likeness (QED) is 0.0256. The van der Waals surface area contributed by atoms with Crippen LogP contribution in [0.15, 0.2) is 95.2 Å². The fourth-order valence-electron chi connectivity index (χ4n) is 8.52. The summed E-state index contributed by atoms with van der Waals surface area (Å²) in [6.07, 6.45) is 8.02. The summed E-state index contributed by atoms with van der Waals surface area (Å²) in [6.45, 7) is 0.516. The average molecular weight is 1080 g/mol. The molecule has 0 spiro atoms. The lowest BCUT2D eigenvalue weighted by Crippen LogP contribution is -2.49. The number of hydrogen-bond acceptors (Lipinski definition) is 11. The average Bonchev–Trinajstić information content (AvgIpc) is 4.07. The molecule has 6 N–H and O–H groups in total. The molecule has 0 aromatic heterocycles. The highest BCUT2D eigenvalue weighted by atomic mass is 35.5. The number of nitrogens with two attached hydrogens (primary N) is 1. The molecule has 388 valence electrons. The number of halogens is 4. The number of amides is 3. The number of benzene rings is 4. The number of aliphatic carboxylic acids is 1. The van der Waals surface area contributed by atoms with E-state index in [1.165, 1.54) is 14.2 Å². The highest BCUT2D eigenvalue weighted by molar-refractivity contribution is 6.41. The van der Waals surface area contributed by atoms with Gasteiger partial charge in [-0.1, -0.05) is 119 Å². The fraction of sp³-hybridized carbons (Fsp3) is 0.400. The molecule has 4 aromatic carbocycles. The van der Waals surface area contributed by atoms with Crippen LogP contribution in [0.2, 0.25) is 20.1 Å². The van der Waals surface area contributed by atoms with Crippen LogP contribution < -0.4 is 21.7 Å². The molecule has 2 aliphatic rings. The van der Waals surface area contributed by atoms with Gasteiger partial charge in [0.1, 0.15) is 12.1 Å². The van der Waals surface area contributed by atoms with Gasteiger partial charge in [0, 0.05) is 46.1 Å². The van der Waals surface area contributed by atoms with E-state index in [0.29, 0.717) is 50.0 Å². The number of anilines is 2. The Morgan fingerprint density at radius 1 is 0.630 bits per heavy atom. The van der Waals surface area contributed by atoms with E-state index in [1.807, 2.05) is 0 Å². The van der Waals surface area contributed by atoms with E-state index in [1.54, 1.807) is 84.9 Å². The molecule has 3 amide bonds. The first-order valence-electron chi connectivity index (χ1n) is 23.1. The molecule has 0 bridgehead atoms. The van der Waals surface area contributed by atoms with Crippen LogP contribution in [-0.4, -0.2) is 80.1 Å². The van der Waals surface area contributed by atoms with E-state index in [4.69, 9.17) is 73.0 Å². The zero-order valence-corrected chi connectivity index (χ0v) is 43.1. The summed E-state index contributed by atoms with van der Waals surface area (Å²) in [6, 6.07) is 21.9. The number of rotatable bonds is 19. The van der Waals surface area contributed by atoms with Gasteiger partial charge in [0.2, 0.25) is 5.91 Å². The predicted molar refractivity (Wildman–Crippen MR) is 280 cm³/mol. The lowest BCUT2D eigenvalue weighted by molar-refractivity contribution is -0.149. The molecule has 2 aliphatic carbocycles. The number of carbonyl (C=O) groups is 6. The minimum absolute atomic E-state index is 0.180. The summed E-state index contributed by atoms with van der Waals surface area (Å²) < 4.78 is 9.51. The van der Waals surface area contributed by atoms with Crippen LogP contribution in [0.25, 0.3) is 20.9 Å². The fourth-order valence-corrected chi connectivity index (χ4v) is 9.66. The third-order valence-electron chi connectivity index (χ3n) is 12.6. The first-order chi connectivity index (χ1) is 34.9. The number of nitrogens with one attached hydrogen (secondary N) is 3. The molecule has 6 rings (SSSR count). The van der Waals surface area contributed by atoms with Crippen molar-refractivity contribution in [1.29, 1.82) is 0 Å². The van der Waals surface area contributed by atoms with Gasteiger partial charge in [-0.2, -0.15) is 0 Å². The standard InChI is InChI=1S/C25H27Cl2N5O4.C17H16Cl2N2O3.C8H13N3O2/c1-36-23(34)20(31-24(35)25(11-2-3-12-25)13-14-29-32-28)15-16-7-9-17(10-8-16)30-22(33)21-18(26)5-4-6-19(21)27;1-24-17(23)14(20)9-10-5-7-11(8-6-10)21-16(22)15-12(18)3-2-4-13(15)19;9-11-10-6-5-8(7(12)13)3-1-2-4-8/h4-10,20H,2-3,11-15H2,1H3,(H,30,33)(H,31,35);2-8,14H,9,20H2,1H3,(H,21,22);1-6H2,(H,12,13)/t20-;14-;/m00./s1. The number of nitrogens with zero attached hydrogens (tertiary/aromatic N) is 6. The minimum atomic E-state index is -0.887. The van der Waals surface area contributed by atoms with Crippen molar-refractivity contribution in [2.75, 3.05) is 37.9 Å². The van der Waals surface area contributed by atoms with E-state index < -0.39 is 52.6 Å². The smallest absolute Gasteiger partial charge is 0.328 e. The van der Waals surface area contributed by atoms with Crippen molar-refractivity contribution in [3.63, 3.8) is 0 Å². The third-order valence-corrected chi connectivity index (χ3v) is 13.8. The summed E-state index contributed by atoms with van der Waals surface area (Å²) in [5.74, 6) is -2.84. The lowest BCUT2D eigenvalue weighted by Gasteiger charge is -2.29. The third kappa shape index (κ3) is 17.3. The van der Waals surface area contributed by atoms with Gasteiger partial charge in [-0.15, -0.1) is 0 Å². The Balaban J connectivity index is 0.000000267. The minimum Gasteiger partial charge on any atom is -0.481 e. The van der Waals surface area contributed by atoms with E-state index >= 15 is 0 Å². The van der Waals surface area contributed by atoms with Crippen molar-refractivity contribution < 1.29 is 43.3 Å². The molecule has 0 aliphatic heterocycles. The molecule has 0 radical (unpaired) electrons. The van der Waals surface area contributed by atoms with Crippen molar-refractivity contribution in [1.82, 2.24) is 5.32 Å². The Kier molecular flexibility index (Phi) is 23.6. The maximum atomic E-state index is 13.2. The number of esters is 2. The predicted octanol–water partition coefficient (Wildman–Crippen LogP) is 11.3. The lowest BCUT2D eigenvalue weighted by atomic mass is 9.81. The van der Waals surface area contributed by atoms with Crippen molar-refractivity contribution in [2.24, 2.45) is 26.8 Å². The van der Waals surface area contributed by atoms with Gasteiger partial charge >= 0.3 is 17.9 Å². The highest BCUT2D eigenvalue weighted by Gasteiger charge is 2.42. The van der Waals surface area contributed by atoms with Crippen LogP contribution in [0, 0.1) is 10.8 Å². The summed E-state index contributed by atoms with van der Waals surface area (Å²) in [7, 11) is 2.56. The monoisotopic (exact) mass is 1080 g/mol. The van der Waals surface area contributed by atoms with Crippen molar-refractivity contribution in [3.05, 3.63) is 148 Å². The maximum Gasteiger partial charge on any atom is 0.328 e. The van der Waals surface area contributed by atoms with Gasteiger partial charge in [0.15, 0.2) is 0 Å². The summed E-state index contributed by atoms with van der Waals surface area (Å²) in [5, 5.41) is 25.4. The zero-order chi connectivity index (χ0) is 53.6. The molecule has 2 atom stereocenters. The van der Waals surface area contributed by atoms with Crippen LogP contribution in [0.4, 0.5) is 11.4 Å². The SMILES string of the molecule is COC(=O)[C@@H](N)Cc1ccc(NC(=O)c2c(Cl)cccc2Cl)cc1.COC(=O)[C@H](Cc1ccc(NC(=O)c2c(Cl)cccc2Cl)cc1)NC(=O)C1(CCN=[N+]=[N-])CCCC1.[N-]=[N+]=NCCC1(C(=O)O)CCCC1. The second kappa shape index (κ2) is 29.2. The molecular weight excluding hydrogens is 1030 g/mol. The van der Waals surface area contributed by atoms with Gasteiger partial charge in [-0.3, -0.25) is 24.0 Å². The highest BCUT2D eigenvalue weighted by Crippen LogP contribution is 2.42. The summed E-state index contributed by atoms with van der Waals surface area (Å²) in [4.78, 5) is 78.3. The number of carbonyl (C=O) groups excluding carboxylic acids is 5. The Bertz CT molecular complexity index is 2630. The van der Waals surface area contributed by atoms with Crippen molar-refractivity contribution in [3.8, 4) is 0 Å². The number of ether oxygens (including phenoxy) is 2.